The van der Waals surface area contributed by atoms with E-state index in [1.54, 1.807) is 0 Å². The van der Waals surface area contributed by atoms with E-state index in [1.807, 2.05) is 0 Å². The van der Waals surface area contributed by atoms with Gasteiger partial charge in [0.1, 0.15) is 0 Å². The molecule has 11 heavy (non-hydrogen) atoms. The van der Waals surface area contributed by atoms with Crippen molar-refractivity contribution in [3.63, 3.8) is 0 Å². The van der Waals surface area contributed by atoms with Crippen LogP contribution < -0.4 is 0 Å². The molecule has 0 rings (SSSR count). The third kappa shape index (κ3) is 9.08. The Morgan fingerprint density at radius 3 is 1.73 bits per heavy atom. The molecule has 0 aliphatic heterocycles. The van der Waals surface area contributed by atoms with Gasteiger partial charge in [0, 0.05) is 26.1 Å². The first-order valence-electron chi connectivity index (χ1n) is 3.86. The van der Waals surface area contributed by atoms with Gasteiger partial charge in [-0.2, -0.15) is 0 Å². The van der Waals surface area contributed by atoms with Crippen molar-refractivity contribution in [2.24, 2.45) is 0 Å². The van der Waals surface area contributed by atoms with Gasteiger partial charge in [-0.3, -0.25) is 0 Å². The molecule has 0 radical (unpaired) electrons. The van der Waals surface area contributed by atoms with Crippen molar-refractivity contribution in [2.75, 3.05) is 13.2 Å². The smallest absolute Gasteiger partial charge is 0.0475 e. The maximum absolute atomic E-state index is 5.25. The van der Waals surface area contributed by atoms with E-state index < -0.39 is 0 Å². The molecule has 0 amide bonds. The summed E-state index contributed by atoms with van der Waals surface area (Å²) in [5.74, 6) is 5.11. The predicted octanol–water partition coefficient (Wildman–Crippen LogP) is 1.83. The molecule has 1 nitrogen and oxygen atoms in total. The zero-order valence-electron chi connectivity index (χ0n) is 6.81. The third-order valence-electron chi connectivity index (χ3n) is 1.22. The van der Waals surface area contributed by atoms with Crippen LogP contribution in [0.3, 0.4) is 0 Å². The van der Waals surface area contributed by atoms with Gasteiger partial charge in [0.25, 0.3) is 0 Å². The molecule has 0 N–H and O–H groups in total. The minimum absolute atomic E-state index is 0.759. The van der Waals surface area contributed by atoms with E-state index in [9.17, 15) is 0 Å². The Bertz CT molecular complexity index is 129. The Kier molecular flexibility index (Phi) is 8.32. The average molecular weight is 150 g/mol. The molecule has 0 unspecified atom stereocenters. The van der Waals surface area contributed by atoms with Gasteiger partial charge >= 0.3 is 0 Å². The molecule has 0 bridgehead atoms. The lowest BCUT2D eigenvalue weighted by atomic mass is 10.3. The maximum atomic E-state index is 5.25. The van der Waals surface area contributed by atoms with Crippen LogP contribution in [0.5, 0.6) is 0 Å². The zero-order chi connectivity index (χ0) is 8.36. The monoisotopic (exact) mass is 150 g/mol. The minimum Gasteiger partial charge on any atom is -0.381 e. The summed E-state index contributed by atoms with van der Waals surface area (Å²) >= 11 is 0. The number of unbranched alkanes of at least 4 members (excludes halogenated alkanes) is 2. The summed E-state index contributed by atoms with van der Waals surface area (Å²) in [7, 11) is 0. The molecule has 0 heterocycles. The second-order valence-corrected chi connectivity index (χ2v) is 2.23. The van der Waals surface area contributed by atoms with Crippen molar-refractivity contribution in [3.8, 4) is 24.7 Å². The van der Waals surface area contributed by atoms with Crippen LogP contribution in [0.15, 0.2) is 0 Å². The van der Waals surface area contributed by atoms with E-state index in [2.05, 4.69) is 11.8 Å². The fourth-order valence-electron chi connectivity index (χ4n) is 0.655. The summed E-state index contributed by atoms with van der Waals surface area (Å²) in [6.45, 7) is 1.52. The Labute approximate surface area is 69.1 Å². The molecule has 1 heteroatoms. The summed E-state index contributed by atoms with van der Waals surface area (Å²) in [6, 6.07) is 0. The van der Waals surface area contributed by atoms with Gasteiger partial charge in [0.2, 0.25) is 0 Å². The molecular weight excluding hydrogens is 136 g/mol. The number of ether oxygens (including phenoxy) is 1. The van der Waals surface area contributed by atoms with E-state index >= 15 is 0 Å². The lowest BCUT2D eigenvalue weighted by Gasteiger charge is -1.99. The molecule has 0 atom stereocenters. The molecule has 0 saturated carbocycles. The molecule has 0 fully saturated rings. The van der Waals surface area contributed by atoms with Gasteiger partial charge in [-0.1, -0.05) is 0 Å². The number of hydrogen-bond donors (Lipinski definition) is 0. The van der Waals surface area contributed by atoms with Crippen LogP contribution in [-0.2, 0) is 4.74 Å². The van der Waals surface area contributed by atoms with Crippen LogP contribution in [-0.4, -0.2) is 13.2 Å². The average Bonchev–Trinajstić information content (AvgIpc) is 2.03. The molecule has 0 spiro atoms. The molecule has 0 aromatic rings. The van der Waals surface area contributed by atoms with Crippen molar-refractivity contribution in [1.82, 2.24) is 0 Å². The summed E-state index contributed by atoms with van der Waals surface area (Å²) in [4.78, 5) is 0. The molecule has 60 valence electrons. The fraction of sp³-hybridized carbons (Fsp3) is 0.600. The first-order valence-corrected chi connectivity index (χ1v) is 3.86. The first kappa shape index (κ1) is 10.1. The normalized spacial score (nSPS) is 8.55. The number of hydrogen-bond acceptors (Lipinski definition) is 1. The quantitative estimate of drug-likeness (QED) is 0.414. The Morgan fingerprint density at radius 2 is 1.36 bits per heavy atom. The van der Waals surface area contributed by atoms with E-state index in [0.29, 0.717) is 0 Å². The van der Waals surface area contributed by atoms with Gasteiger partial charge in [-0.15, -0.1) is 24.7 Å². The van der Waals surface area contributed by atoms with Crippen molar-refractivity contribution >= 4 is 0 Å². The van der Waals surface area contributed by atoms with Crippen molar-refractivity contribution < 1.29 is 4.74 Å². The summed E-state index contributed by atoms with van der Waals surface area (Å²) in [5, 5.41) is 0. The van der Waals surface area contributed by atoms with E-state index in [1.165, 1.54) is 0 Å². The van der Waals surface area contributed by atoms with E-state index in [0.717, 1.165) is 38.9 Å². The van der Waals surface area contributed by atoms with Crippen LogP contribution >= 0.6 is 0 Å². The predicted molar refractivity (Wildman–Crippen MR) is 47.0 cm³/mol. The van der Waals surface area contributed by atoms with Crippen molar-refractivity contribution in [3.05, 3.63) is 0 Å². The Balaban J connectivity index is 2.82. The first-order chi connectivity index (χ1) is 5.41. The fourth-order valence-corrected chi connectivity index (χ4v) is 0.655. The van der Waals surface area contributed by atoms with Crippen molar-refractivity contribution in [2.45, 2.75) is 25.7 Å². The van der Waals surface area contributed by atoms with E-state index in [4.69, 9.17) is 17.6 Å². The Morgan fingerprint density at radius 1 is 0.909 bits per heavy atom. The van der Waals surface area contributed by atoms with Crippen LogP contribution in [0.25, 0.3) is 0 Å². The highest BCUT2D eigenvalue weighted by molar-refractivity contribution is 4.83. The second kappa shape index (κ2) is 9.08. The van der Waals surface area contributed by atoms with Gasteiger partial charge in [-0.25, -0.2) is 0 Å². The highest BCUT2D eigenvalue weighted by atomic mass is 16.5. The van der Waals surface area contributed by atoms with Crippen LogP contribution in [0.2, 0.25) is 0 Å². The second-order valence-electron chi connectivity index (χ2n) is 2.23. The standard InChI is InChI=1S/C10H14O/c1-3-5-7-9-11-10-8-6-4-2/h1-2H,5-10H2. The summed E-state index contributed by atoms with van der Waals surface area (Å²) < 4.78 is 5.25. The van der Waals surface area contributed by atoms with Crippen LogP contribution in [0.1, 0.15) is 25.7 Å². The molecule has 0 aromatic carbocycles. The minimum atomic E-state index is 0.759. The van der Waals surface area contributed by atoms with Gasteiger partial charge in [-0.05, 0) is 12.8 Å². The number of rotatable bonds is 6. The van der Waals surface area contributed by atoms with Crippen LogP contribution in [0, 0.1) is 24.7 Å². The van der Waals surface area contributed by atoms with Gasteiger partial charge in [0.15, 0.2) is 0 Å². The molecule has 0 saturated heterocycles. The molecule has 0 aromatic heterocycles. The number of terminal acetylenes is 2. The SMILES string of the molecule is C#CCCCOCCCC#C. The lowest BCUT2D eigenvalue weighted by Crippen LogP contribution is -1.95. The largest absolute Gasteiger partial charge is 0.381 e. The topological polar surface area (TPSA) is 9.23 Å². The Hall–Kier alpha value is -0.920. The molecule has 0 aliphatic carbocycles. The third-order valence-corrected chi connectivity index (χ3v) is 1.22. The molecular formula is C10H14O. The summed E-state index contributed by atoms with van der Waals surface area (Å²) in [6.07, 6.45) is 13.6. The van der Waals surface area contributed by atoms with E-state index in [-0.39, 0.29) is 0 Å². The van der Waals surface area contributed by atoms with Gasteiger partial charge < -0.3 is 4.74 Å². The lowest BCUT2D eigenvalue weighted by molar-refractivity contribution is 0.131. The highest BCUT2D eigenvalue weighted by Gasteiger charge is 1.86. The highest BCUT2D eigenvalue weighted by Crippen LogP contribution is 1.91. The molecule has 0 aliphatic rings. The zero-order valence-corrected chi connectivity index (χ0v) is 6.81. The maximum Gasteiger partial charge on any atom is 0.0475 e. The van der Waals surface area contributed by atoms with Crippen molar-refractivity contribution in [1.29, 1.82) is 0 Å². The van der Waals surface area contributed by atoms with Gasteiger partial charge in [0.05, 0.1) is 0 Å². The van der Waals surface area contributed by atoms with Crippen LogP contribution in [0.4, 0.5) is 0 Å². The summed E-state index contributed by atoms with van der Waals surface area (Å²) in [5.41, 5.74) is 0.